The van der Waals surface area contributed by atoms with Crippen LogP contribution in [0.2, 0.25) is 0 Å². The van der Waals surface area contributed by atoms with Gasteiger partial charge >= 0.3 is 0 Å². The number of amides is 4. The van der Waals surface area contributed by atoms with Crippen LogP contribution in [-0.4, -0.2) is 91.9 Å². The Kier molecular flexibility index (Phi) is 11.4. The van der Waals surface area contributed by atoms with Gasteiger partial charge in [0.15, 0.2) is 0 Å². The first-order valence-corrected chi connectivity index (χ1v) is 13.8. The number of nitrogens with one attached hydrogen (secondary N) is 3. The molecule has 0 unspecified atom stereocenters. The summed E-state index contributed by atoms with van der Waals surface area (Å²) < 4.78 is 5.97. The zero-order valence-electron chi connectivity index (χ0n) is 23.0. The Morgan fingerprint density at radius 2 is 1.84 bits per heavy atom. The average Bonchev–Trinajstić information content (AvgIpc) is 3.41. The van der Waals surface area contributed by atoms with Crippen molar-refractivity contribution < 1.29 is 23.9 Å². The van der Waals surface area contributed by atoms with Crippen molar-refractivity contribution >= 4 is 23.6 Å². The van der Waals surface area contributed by atoms with E-state index in [2.05, 4.69) is 20.9 Å². The molecule has 0 aliphatic carbocycles. The summed E-state index contributed by atoms with van der Waals surface area (Å²) in [5, 5.41) is 8.67. The maximum atomic E-state index is 13.3. The molecule has 4 amide bonds. The van der Waals surface area contributed by atoms with Crippen molar-refractivity contribution in [3.8, 4) is 5.75 Å². The molecule has 210 valence electrons. The summed E-state index contributed by atoms with van der Waals surface area (Å²) in [5.41, 5.74) is 0.295. The molecule has 0 saturated carbocycles. The zero-order chi connectivity index (χ0) is 27.5. The molecule has 0 bridgehead atoms. The molecule has 2 aliphatic heterocycles. The molecule has 0 radical (unpaired) electrons. The standard InChI is InChI=1S/C28H43N5O5/c1-20(2)23-19-38-24-11-5-4-10-21(24)27(36)31-22(12-13-26(35)32(3)18-25(34)30-23)28(37)29-14-6-7-15-33-16-8-9-17-33/h4-5,10-11,20,22-23H,6-9,12-19H2,1-3H3,(H,29,37)(H,30,34)(H,31,36)/t22-,23+/m0/s1. The number of rotatable bonds is 7. The van der Waals surface area contributed by atoms with Gasteiger partial charge < -0.3 is 30.5 Å². The fourth-order valence-electron chi connectivity index (χ4n) is 4.68. The van der Waals surface area contributed by atoms with Crippen molar-refractivity contribution in [2.75, 3.05) is 46.4 Å². The van der Waals surface area contributed by atoms with Crippen molar-refractivity contribution in [1.29, 1.82) is 0 Å². The molecule has 1 aromatic rings. The summed E-state index contributed by atoms with van der Waals surface area (Å²) in [4.78, 5) is 55.5. The fourth-order valence-corrected chi connectivity index (χ4v) is 4.68. The van der Waals surface area contributed by atoms with Gasteiger partial charge in [-0.2, -0.15) is 0 Å². The third kappa shape index (κ3) is 9.01. The van der Waals surface area contributed by atoms with Gasteiger partial charge in [0.2, 0.25) is 17.7 Å². The number of fused-ring (bicyclic) bond motifs is 1. The Balaban J connectivity index is 1.70. The number of likely N-dealkylation sites (tertiary alicyclic amines) is 1. The van der Waals surface area contributed by atoms with Crippen LogP contribution in [0.25, 0.3) is 0 Å². The van der Waals surface area contributed by atoms with Gasteiger partial charge in [-0.3, -0.25) is 19.2 Å². The number of hydrogen-bond donors (Lipinski definition) is 3. The van der Waals surface area contributed by atoms with Crippen molar-refractivity contribution in [2.45, 2.75) is 64.5 Å². The smallest absolute Gasteiger partial charge is 0.255 e. The first-order valence-electron chi connectivity index (χ1n) is 13.8. The Morgan fingerprint density at radius 3 is 2.58 bits per heavy atom. The molecule has 0 aromatic heterocycles. The normalized spacial score (nSPS) is 22.1. The Hall–Kier alpha value is -3.14. The van der Waals surface area contributed by atoms with Gasteiger partial charge in [0.05, 0.1) is 18.2 Å². The second-order valence-electron chi connectivity index (χ2n) is 10.6. The first kappa shape index (κ1) is 29.4. The number of carbonyl (C=O) groups is 4. The maximum Gasteiger partial charge on any atom is 0.255 e. The molecule has 2 atom stereocenters. The van der Waals surface area contributed by atoms with Crippen LogP contribution in [-0.2, 0) is 14.4 Å². The highest BCUT2D eigenvalue weighted by Gasteiger charge is 2.26. The number of carbonyl (C=O) groups excluding carboxylic acids is 4. The van der Waals surface area contributed by atoms with Gasteiger partial charge in [0.1, 0.15) is 18.4 Å². The van der Waals surface area contributed by atoms with Gasteiger partial charge in [-0.25, -0.2) is 0 Å². The zero-order valence-corrected chi connectivity index (χ0v) is 23.0. The SMILES string of the molecule is CC(C)[C@H]1COc2ccccc2C(=O)N[C@H](C(=O)NCCCCN2CCCC2)CCC(=O)N(C)CC(=O)N1. The lowest BCUT2D eigenvalue weighted by atomic mass is 10.1. The fraction of sp³-hybridized carbons (Fsp3) is 0.643. The number of nitrogens with zero attached hydrogens (tertiary/aromatic N) is 2. The number of unbranched alkanes of at least 4 members (excludes halogenated alkanes) is 1. The van der Waals surface area contributed by atoms with Crippen molar-refractivity contribution in [3.63, 3.8) is 0 Å². The monoisotopic (exact) mass is 529 g/mol. The van der Waals surface area contributed by atoms with Crippen LogP contribution < -0.4 is 20.7 Å². The molecule has 10 nitrogen and oxygen atoms in total. The van der Waals surface area contributed by atoms with E-state index in [9.17, 15) is 19.2 Å². The highest BCUT2D eigenvalue weighted by molar-refractivity contribution is 5.99. The topological polar surface area (TPSA) is 120 Å². The number of benzene rings is 1. The third-order valence-electron chi connectivity index (χ3n) is 7.18. The molecule has 2 heterocycles. The molecule has 2 aliphatic rings. The number of para-hydroxylation sites is 1. The van der Waals surface area contributed by atoms with Crippen LogP contribution >= 0.6 is 0 Å². The summed E-state index contributed by atoms with van der Waals surface area (Å²) in [5.74, 6) is -0.894. The number of ether oxygens (including phenoxy) is 1. The lowest BCUT2D eigenvalue weighted by Gasteiger charge is -2.24. The van der Waals surface area contributed by atoms with Crippen LogP contribution in [0.5, 0.6) is 5.75 Å². The van der Waals surface area contributed by atoms with E-state index in [-0.39, 0.29) is 55.7 Å². The van der Waals surface area contributed by atoms with E-state index < -0.39 is 11.9 Å². The predicted molar refractivity (Wildman–Crippen MR) is 145 cm³/mol. The summed E-state index contributed by atoms with van der Waals surface area (Å²) in [6.45, 7) is 7.81. The van der Waals surface area contributed by atoms with Gasteiger partial charge in [0, 0.05) is 20.0 Å². The Morgan fingerprint density at radius 1 is 1.11 bits per heavy atom. The van der Waals surface area contributed by atoms with E-state index in [1.54, 1.807) is 31.3 Å². The molecule has 3 N–H and O–H groups in total. The van der Waals surface area contributed by atoms with E-state index in [1.165, 1.54) is 17.7 Å². The molecule has 38 heavy (non-hydrogen) atoms. The van der Waals surface area contributed by atoms with Gasteiger partial charge in [-0.05, 0) is 69.8 Å². The maximum absolute atomic E-state index is 13.3. The van der Waals surface area contributed by atoms with Crippen molar-refractivity contribution in [3.05, 3.63) is 29.8 Å². The second-order valence-corrected chi connectivity index (χ2v) is 10.6. The summed E-state index contributed by atoms with van der Waals surface area (Å²) in [6, 6.07) is 5.62. The minimum absolute atomic E-state index is 0.0167. The molecule has 1 fully saturated rings. The summed E-state index contributed by atoms with van der Waals surface area (Å²) >= 11 is 0. The molecule has 10 heteroatoms. The number of hydrogen-bond acceptors (Lipinski definition) is 6. The highest BCUT2D eigenvalue weighted by Crippen LogP contribution is 2.20. The average molecular weight is 530 g/mol. The van der Waals surface area contributed by atoms with E-state index in [0.717, 1.165) is 32.5 Å². The van der Waals surface area contributed by atoms with Gasteiger partial charge in [-0.1, -0.05) is 26.0 Å². The largest absolute Gasteiger partial charge is 0.491 e. The number of likely N-dealkylation sites (N-methyl/N-ethyl adjacent to an activating group) is 1. The quantitative estimate of drug-likeness (QED) is 0.461. The molecular formula is C28H43N5O5. The Labute approximate surface area is 225 Å². The van der Waals surface area contributed by atoms with Gasteiger partial charge in [-0.15, -0.1) is 0 Å². The predicted octanol–water partition coefficient (Wildman–Crippen LogP) is 1.55. The molecular weight excluding hydrogens is 486 g/mol. The first-order chi connectivity index (χ1) is 18.2. The molecule has 3 rings (SSSR count). The van der Waals surface area contributed by atoms with Crippen molar-refractivity contribution in [2.24, 2.45) is 5.92 Å². The van der Waals surface area contributed by atoms with E-state index in [4.69, 9.17) is 4.74 Å². The van der Waals surface area contributed by atoms with Crippen molar-refractivity contribution in [1.82, 2.24) is 25.8 Å². The van der Waals surface area contributed by atoms with E-state index in [1.807, 2.05) is 13.8 Å². The minimum Gasteiger partial charge on any atom is -0.491 e. The van der Waals surface area contributed by atoms with E-state index >= 15 is 0 Å². The van der Waals surface area contributed by atoms with Crippen LogP contribution in [0, 0.1) is 5.92 Å². The van der Waals surface area contributed by atoms with Crippen LogP contribution in [0.3, 0.4) is 0 Å². The summed E-state index contributed by atoms with van der Waals surface area (Å²) in [6.07, 6.45) is 4.47. The lowest BCUT2D eigenvalue weighted by Crippen LogP contribution is -2.48. The van der Waals surface area contributed by atoms with Crippen LogP contribution in [0.1, 0.15) is 62.7 Å². The highest BCUT2D eigenvalue weighted by atomic mass is 16.5. The lowest BCUT2D eigenvalue weighted by molar-refractivity contribution is -0.135. The van der Waals surface area contributed by atoms with Crippen LogP contribution in [0.4, 0.5) is 0 Å². The minimum atomic E-state index is -0.895. The van der Waals surface area contributed by atoms with E-state index in [0.29, 0.717) is 17.9 Å². The Bertz CT molecular complexity index is 963. The summed E-state index contributed by atoms with van der Waals surface area (Å²) in [7, 11) is 1.56. The third-order valence-corrected chi connectivity index (χ3v) is 7.18. The molecule has 0 spiro atoms. The van der Waals surface area contributed by atoms with Crippen LogP contribution in [0.15, 0.2) is 24.3 Å². The molecule has 1 saturated heterocycles. The van der Waals surface area contributed by atoms with Gasteiger partial charge in [0.25, 0.3) is 5.91 Å². The second kappa shape index (κ2) is 14.7. The molecule has 1 aromatic carbocycles.